The minimum absolute atomic E-state index is 0.236. The van der Waals surface area contributed by atoms with Crippen LogP contribution in [0.25, 0.3) is 0 Å². The molecule has 1 N–H and O–H groups in total. The Kier molecular flexibility index (Phi) is 5.03. The molecule has 2 aromatic carbocycles. The molecule has 22 heavy (non-hydrogen) atoms. The molecule has 0 unspecified atom stereocenters. The lowest BCUT2D eigenvalue weighted by Crippen LogP contribution is -2.12. The summed E-state index contributed by atoms with van der Waals surface area (Å²) in [6, 6.07) is 14.0. The van der Waals surface area contributed by atoms with Gasteiger partial charge in [0.1, 0.15) is 5.75 Å². The van der Waals surface area contributed by atoms with E-state index in [0.717, 1.165) is 11.1 Å². The van der Waals surface area contributed by atoms with E-state index in [1.165, 1.54) is 13.1 Å². The predicted molar refractivity (Wildman–Crippen MR) is 84.0 cm³/mol. The average molecular weight is 296 g/mol. The van der Waals surface area contributed by atoms with E-state index in [9.17, 15) is 9.59 Å². The summed E-state index contributed by atoms with van der Waals surface area (Å²) in [5, 5.41) is 3.76. The number of amides is 1. The fraction of sp³-hybridized carbons (Fsp3) is 0.118. The standard InChI is InChI=1S/C17H16N2O3/c1-12-3-7-15(8-4-12)17(21)22-16-9-5-14(6-10-16)11-18-19-13(2)20/h3-11H,1-2H3,(H,19,20). The zero-order valence-electron chi connectivity index (χ0n) is 12.4. The third-order valence-electron chi connectivity index (χ3n) is 2.81. The van der Waals surface area contributed by atoms with Gasteiger partial charge in [-0.15, -0.1) is 0 Å². The van der Waals surface area contributed by atoms with Gasteiger partial charge < -0.3 is 4.74 Å². The van der Waals surface area contributed by atoms with E-state index in [0.29, 0.717) is 11.3 Å². The van der Waals surface area contributed by atoms with Crippen molar-refractivity contribution in [3.63, 3.8) is 0 Å². The van der Waals surface area contributed by atoms with E-state index in [-0.39, 0.29) is 5.91 Å². The lowest BCUT2D eigenvalue weighted by atomic mass is 10.1. The fourth-order valence-electron chi connectivity index (χ4n) is 1.68. The molecule has 0 aliphatic carbocycles. The van der Waals surface area contributed by atoms with Gasteiger partial charge >= 0.3 is 5.97 Å². The summed E-state index contributed by atoms with van der Waals surface area (Å²) in [6.07, 6.45) is 1.51. The fourth-order valence-corrected chi connectivity index (χ4v) is 1.68. The number of nitrogens with one attached hydrogen (secondary N) is 1. The number of hydrogen-bond acceptors (Lipinski definition) is 4. The first-order valence-electron chi connectivity index (χ1n) is 6.73. The Labute approximate surface area is 128 Å². The molecule has 0 spiro atoms. The quantitative estimate of drug-likeness (QED) is 0.408. The van der Waals surface area contributed by atoms with Gasteiger partial charge in [0.15, 0.2) is 0 Å². The van der Waals surface area contributed by atoms with Crippen LogP contribution in [0.3, 0.4) is 0 Å². The number of esters is 1. The molecule has 0 fully saturated rings. The second-order valence-corrected chi connectivity index (χ2v) is 4.75. The lowest BCUT2D eigenvalue weighted by molar-refractivity contribution is -0.118. The normalized spacial score (nSPS) is 10.5. The Bertz CT molecular complexity index is 689. The summed E-state index contributed by atoms with van der Waals surface area (Å²) in [5.41, 5.74) is 4.68. The first-order valence-corrected chi connectivity index (χ1v) is 6.73. The minimum atomic E-state index is -0.403. The molecule has 112 valence electrons. The predicted octanol–water partition coefficient (Wildman–Crippen LogP) is 2.68. The Morgan fingerprint density at radius 2 is 1.68 bits per heavy atom. The first kappa shape index (κ1) is 15.4. The number of hydrogen-bond donors (Lipinski definition) is 1. The monoisotopic (exact) mass is 296 g/mol. The molecule has 0 aliphatic rings. The van der Waals surface area contributed by atoms with Crippen LogP contribution in [0.15, 0.2) is 53.6 Å². The molecule has 2 aromatic rings. The molecule has 0 aromatic heterocycles. The largest absolute Gasteiger partial charge is 0.423 e. The van der Waals surface area contributed by atoms with Gasteiger partial charge in [-0.25, -0.2) is 10.2 Å². The number of carbonyl (C=O) groups is 2. The zero-order chi connectivity index (χ0) is 15.9. The minimum Gasteiger partial charge on any atom is -0.423 e. The highest BCUT2D eigenvalue weighted by Crippen LogP contribution is 2.14. The highest BCUT2D eigenvalue weighted by Gasteiger charge is 2.07. The third-order valence-corrected chi connectivity index (χ3v) is 2.81. The summed E-state index contributed by atoms with van der Waals surface area (Å²) in [6.45, 7) is 3.33. The number of aryl methyl sites for hydroxylation is 1. The number of carbonyl (C=O) groups excluding carboxylic acids is 2. The summed E-state index contributed by atoms with van der Waals surface area (Å²) in [4.78, 5) is 22.6. The van der Waals surface area contributed by atoms with Crippen molar-refractivity contribution in [3.8, 4) is 5.75 Å². The summed E-state index contributed by atoms with van der Waals surface area (Å²) in [7, 11) is 0. The third kappa shape index (κ3) is 4.56. The maximum atomic E-state index is 12.0. The van der Waals surface area contributed by atoms with Crippen molar-refractivity contribution in [3.05, 3.63) is 65.2 Å². The highest BCUT2D eigenvalue weighted by atomic mass is 16.5. The summed E-state index contributed by atoms with van der Waals surface area (Å²) >= 11 is 0. The van der Waals surface area contributed by atoms with E-state index < -0.39 is 5.97 Å². The Hall–Kier alpha value is -2.95. The van der Waals surface area contributed by atoms with Gasteiger partial charge in [-0.2, -0.15) is 5.10 Å². The number of hydrazone groups is 1. The van der Waals surface area contributed by atoms with Crippen molar-refractivity contribution in [2.45, 2.75) is 13.8 Å². The molecule has 0 atom stereocenters. The van der Waals surface area contributed by atoms with Crippen LogP contribution in [0, 0.1) is 6.92 Å². The number of benzene rings is 2. The maximum absolute atomic E-state index is 12.0. The van der Waals surface area contributed by atoms with Gasteiger partial charge in [0.05, 0.1) is 11.8 Å². The molecule has 1 amide bonds. The van der Waals surface area contributed by atoms with Crippen LogP contribution in [0.1, 0.15) is 28.4 Å². The van der Waals surface area contributed by atoms with Crippen molar-refractivity contribution in [2.75, 3.05) is 0 Å². The van der Waals surface area contributed by atoms with Crippen LogP contribution in [0.2, 0.25) is 0 Å². The molecule has 0 radical (unpaired) electrons. The average Bonchev–Trinajstić information content (AvgIpc) is 2.49. The SMILES string of the molecule is CC(=O)NN=Cc1ccc(OC(=O)c2ccc(C)cc2)cc1. The molecule has 5 heteroatoms. The lowest BCUT2D eigenvalue weighted by Gasteiger charge is -2.05. The van der Waals surface area contributed by atoms with E-state index in [4.69, 9.17) is 4.74 Å². The molecular formula is C17H16N2O3. The maximum Gasteiger partial charge on any atom is 0.343 e. The topological polar surface area (TPSA) is 67.8 Å². The molecule has 0 heterocycles. The Morgan fingerprint density at radius 1 is 1.05 bits per heavy atom. The van der Waals surface area contributed by atoms with Gasteiger partial charge in [0.25, 0.3) is 0 Å². The van der Waals surface area contributed by atoms with Crippen LogP contribution in [-0.4, -0.2) is 18.1 Å². The number of ether oxygens (including phenoxy) is 1. The zero-order valence-corrected chi connectivity index (χ0v) is 12.4. The second-order valence-electron chi connectivity index (χ2n) is 4.75. The molecule has 5 nitrogen and oxygen atoms in total. The van der Waals surface area contributed by atoms with Crippen LogP contribution >= 0.6 is 0 Å². The summed E-state index contributed by atoms with van der Waals surface area (Å²) in [5.74, 6) is -0.193. The smallest absolute Gasteiger partial charge is 0.343 e. The van der Waals surface area contributed by atoms with Gasteiger partial charge in [-0.3, -0.25) is 4.79 Å². The molecule has 0 bridgehead atoms. The van der Waals surface area contributed by atoms with E-state index in [2.05, 4.69) is 10.5 Å². The Balaban J connectivity index is 1.98. The Morgan fingerprint density at radius 3 is 2.27 bits per heavy atom. The molecule has 2 rings (SSSR count). The van der Waals surface area contributed by atoms with Crippen molar-refractivity contribution < 1.29 is 14.3 Å². The van der Waals surface area contributed by atoms with Crippen molar-refractivity contribution in [2.24, 2.45) is 5.10 Å². The van der Waals surface area contributed by atoms with E-state index >= 15 is 0 Å². The number of rotatable bonds is 4. The van der Waals surface area contributed by atoms with Crippen molar-refractivity contribution >= 4 is 18.1 Å². The summed E-state index contributed by atoms with van der Waals surface area (Å²) < 4.78 is 5.28. The van der Waals surface area contributed by atoms with E-state index in [1.54, 1.807) is 36.4 Å². The number of nitrogens with zero attached hydrogens (tertiary/aromatic N) is 1. The molecular weight excluding hydrogens is 280 g/mol. The van der Waals surface area contributed by atoms with Crippen LogP contribution in [0.4, 0.5) is 0 Å². The van der Waals surface area contributed by atoms with Gasteiger partial charge in [0, 0.05) is 6.92 Å². The second kappa shape index (κ2) is 7.17. The molecule has 0 saturated heterocycles. The van der Waals surface area contributed by atoms with Crippen molar-refractivity contribution in [1.82, 2.24) is 5.43 Å². The molecule has 0 saturated carbocycles. The van der Waals surface area contributed by atoms with E-state index in [1.807, 2.05) is 19.1 Å². The first-order chi connectivity index (χ1) is 10.5. The van der Waals surface area contributed by atoms with Crippen LogP contribution < -0.4 is 10.2 Å². The van der Waals surface area contributed by atoms with Gasteiger partial charge in [-0.05, 0) is 48.9 Å². The van der Waals surface area contributed by atoms with Crippen molar-refractivity contribution in [1.29, 1.82) is 0 Å². The van der Waals surface area contributed by atoms with Gasteiger partial charge in [-0.1, -0.05) is 17.7 Å². The van der Waals surface area contributed by atoms with Crippen LogP contribution in [-0.2, 0) is 4.79 Å². The van der Waals surface area contributed by atoms with Crippen LogP contribution in [0.5, 0.6) is 5.75 Å². The van der Waals surface area contributed by atoms with Gasteiger partial charge in [0.2, 0.25) is 5.91 Å². The highest BCUT2D eigenvalue weighted by molar-refractivity contribution is 5.91. The molecule has 0 aliphatic heterocycles.